The fourth-order valence-corrected chi connectivity index (χ4v) is 1.83. The predicted octanol–water partition coefficient (Wildman–Crippen LogP) is 3.76. The van der Waals surface area contributed by atoms with Crippen LogP contribution in [0, 0.1) is 0 Å². The SMILES string of the molecule is CCOC(=O)CCCCC(=O)c1ccc(Br)cc1. The molecule has 3 nitrogen and oxygen atoms in total. The molecule has 98 valence electrons. The number of Topliss-reactive ketones (excluding diaryl/α,β-unsaturated/α-hetero) is 1. The van der Waals surface area contributed by atoms with Crippen molar-refractivity contribution in [2.75, 3.05) is 6.61 Å². The highest BCUT2D eigenvalue weighted by Gasteiger charge is 2.06. The maximum Gasteiger partial charge on any atom is 0.305 e. The van der Waals surface area contributed by atoms with Crippen molar-refractivity contribution in [1.29, 1.82) is 0 Å². The lowest BCUT2D eigenvalue weighted by Crippen LogP contribution is -2.04. The number of carbonyl (C=O) groups is 2. The van der Waals surface area contributed by atoms with Crippen LogP contribution in [-0.2, 0) is 9.53 Å². The molecule has 18 heavy (non-hydrogen) atoms. The molecule has 0 spiro atoms. The zero-order valence-corrected chi connectivity index (χ0v) is 12.0. The standard InChI is InChI=1S/C14H17BrO3/c1-2-18-14(17)6-4-3-5-13(16)11-7-9-12(15)10-8-11/h7-10H,2-6H2,1H3. The van der Waals surface area contributed by atoms with Crippen LogP contribution in [0.15, 0.2) is 28.7 Å². The molecule has 0 heterocycles. The van der Waals surface area contributed by atoms with E-state index in [0.717, 1.165) is 4.47 Å². The van der Waals surface area contributed by atoms with E-state index in [4.69, 9.17) is 4.74 Å². The van der Waals surface area contributed by atoms with Gasteiger partial charge in [0.1, 0.15) is 0 Å². The van der Waals surface area contributed by atoms with Crippen LogP contribution in [0.4, 0.5) is 0 Å². The van der Waals surface area contributed by atoms with Crippen LogP contribution in [0.3, 0.4) is 0 Å². The summed E-state index contributed by atoms with van der Waals surface area (Å²) in [5, 5.41) is 0. The van der Waals surface area contributed by atoms with E-state index < -0.39 is 0 Å². The Morgan fingerprint density at radius 1 is 1.11 bits per heavy atom. The summed E-state index contributed by atoms with van der Waals surface area (Å²) in [4.78, 5) is 22.9. The number of ketones is 1. The van der Waals surface area contributed by atoms with E-state index in [1.165, 1.54) is 0 Å². The third kappa shape index (κ3) is 5.45. The van der Waals surface area contributed by atoms with Crippen LogP contribution in [0.5, 0.6) is 0 Å². The Balaban J connectivity index is 2.25. The highest BCUT2D eigenvalue weighted by Crippen LogP contribution is 2.13. The van der Waals surface area contributed by atoms with Crippen molar-refractivity contribution in [3.05, 3.63) is 34.3 Å². The predicted molar refractivity (Wildman–Crippen MR) is 73.6 cm³/mol. The van der Waals surface area contributed by atoms with Crippen LogP contribution in [0.1, 0.15) is 43.0 Å². The van der Waals surface area contributed by atoms with E-state index >= 15 is 0 Å². The summed E-state index contributed by atoms with van der Waals surface area (Å²) in [5.74, 6) is -0.0695. The second-order valence-corrected chi connectivity index (χ2v) is 4.86. The van der Waals surface area contributed by atoms with Gasteiger partial charge >= 0.3 is 5.97 Å². The van der Waals surface area contributed by atoms with E-state index in [9.17, 15) is 9.59 Å². The molecule has 4 heteroatoms. The summed E-state index contributed by atoms with van der Waals surface area (Å²) in [5.41, 5.74) is 0.717. The van der Waals surface area contributed by atoms with Gasteiger partial charge in [-0.15, -0.1) is 0 Å². The molecule has 0 N–H and O–H groups in total. The molecular weight excluding hydrogens is 296 g/mol. The Kier molecular flexibility index (Phi) is 6.65. The molecule has 0 aliphatic carbocycles. The van der Waals surface area contributed by atoms with Crippen molar-refractivity contribution in [3.63, 3.8) is 0 Å². The number of carbonyl (C=O) groups excluding carboxylic acids is 2. The van der Waals surface area contributed by atoms with Gasteiger partial charge in [-0.3, -0.25) is 9.59 Å². The molecule has 0 saturated carbocycles. The molecule has 0 amide bonds. The fourth-order valence-electron chi connectivity index (χ4n) is 1.57. The van der Waals surface area contributed by atoms with Gasteiger partial charge < -0.3 is 4.74 Å². The third-order valence-corrected chi connectivity index (χ3v) is 3.03. The Hall–Kier alpha value is -1.16. The number of ether oxygens (including phenoxy) is 1. The molecule has 0 aliphatic heterocycles. The number of hydrogen-bond acceptors (Lipinski definition) is 3. The van der Waals surface area contributed by atoms with Crippen molar-refractivity contribution < 1.29 is 14.3 Å². The van der Waals surface area contributed by atoms with E-state index in [0.29, 0.717) is 37.9 Å². The van der Waals surface area contributed by atoms with Gasteiger partial charge in [-0.2, -0.15) is 0 Å². The molecule has 1 aromatic rings. The van der Waals surface area contributed by atoms with Crippen molar-refractivity contribution in [3.8, 4) is 0 Å². The normalized spacial score (nSPS) is 10.1. The largest absolute Gasteiger partial charge is 0.466 e. The van der Waals surface area contributed by atoms with Crippen LogP contribution >= 0.6 is 15.9 Å². The molecule has 0 fully saturated rings. The first kappa shape index (κ1) is 14.9. The van der Waals surface area contributed by atoms with Gasteiger partial charge in [0, 0.05) is 22.9 Å². The van der Waals surface area contributed by atoms with Gasteiger partial charge in [0.25, 0.3) is 0 Å². The van der Waals surface area contributed by atoms with Crippen LogP contribution in [0.2, 0.25) is 0 Å². The van der Waals surface area contributed by atoms with Gasteiger partial charge in [0.05, 0.1) is 6.61 Å². The van der Waals surface area contributed by atoms with E-state index in [-0.39, 0.29) is 11.8 Å². The zero-order chi connectivity index (χ0) is 13.4. The molecule has 0 aliphatic rings. The summed E-state index contributed by atoms with van der Waals surface area (Å²) in [6.07, 6.45) is 2.28. The van der Waals surface area contributed by atoms with Gasteiger partial charge in [0.2, 0.25) is 0 Å². The Morgan fingerprint density at radius 3 is 2.33 bits per heavy atom. The quantitative estimate of drug-likeness (QED) is 0.437. The Morgan fingerprint density at radius 2 is 1.72 bits per heavy atom. The fraction of sp³-hybridized carbons (Fsp3) is 0.429. The van der Waals surface area contributed by atoms with Crippen molar-refractivity contribution in [2.45, 2.75) is 32.6 Å². The van der Waals surface area contributed by atoms with Crippen molar-refractivity contribution in [2.24, 2.45) is 0 Å². The molecule has 0 radical (unpaired) electrons. The average molecular weight is 313 g/mol. The zero-order valence-electron chi connectivity index (χ0n) is 10.4. The Labute approximate surface area is 116 Å². The summed E-state index contributed by atoms with van der Waals surface area (Å²) in [6, 6.07) is 7.31. The van der Waals surface area contributed by atoms with Gasteiger partial charge in [0.15, 0.2) is 5.78 Å². The Bertz CT molecular complexity index is 398. The van der Waals surface area contributed by atoms with Crippen LogP contribution in [-0.4, -0.2) is 18.4 Å². The minimum absolute atomic E-state index is 0.117. The summed E-state index contributed by atoms with van der Waals surface area (Å²) in [6.45, 7) is 2.20. The number of esters is 1. The van der Waals surface area contributed by atoms with E-state index in [1.807, 2.05) is 12.1 Å². The highest BCUT2D eigenvalue weighted by molar-refractivity contribution is 9.10. The molecule has 0 unspecified atom stereocenters. The van der Waals surface area contributed by atoms with Gasteiger partial charge in [-0.25, -0.2) is 0 Å². The van der Waals surface area contributed by atoms with E-state index in [1.54, 1.807) is 19.1 Å². The number of halogens is 1. The molecule has 1 rings (SSSR count). The maximum absolute atomic E-state index is 11.8. The first-order valence-electron chi connectivity index (χ1n) is 6.08. The molecule has 1 aromatic carbocycles. The van der Waals surface area contributed by atoms with Crippen LogP contribution in [0.25, 0.3) is 0 Å². The summed E-state index contributed by atoms with van der Waals surface area (Å²) < 4.78 is 5.78. The summed E-state index contributed by atoms with van der Waals surface area (Å²) in [7, 11) is 0. The van der Waals surface area contributed by atoms with E-state index in [2.05, 4.69) is 15.9 Å². The number of rotatable bonds is 7. The van der Waals surface area contributed by atoms with Crippen molar-refractivity contribution >= 4 is 27.7 Å². The summed E-state index contributed by atoms with van der Waals surface area (Å²) >= 11 is 3.33. The smallest absolute Gasteiger partial charge is 0.305 e. The molecule has 0 saturated heterocycles. The minimum atomic E-state index is -0.186. The molecule has 0 atom stereocenters. The monoisotopic (exact) mass is 312 g/mol. The average Bonchev–Trinajstić information content (AvgIpc) is 2.35. The lowest BCUT2D eigenvalue weighted by Gasteiger charge is -2.02. The minimum Gasteiger partial charge on any atom is -0.466 e. The lowest BCUT2D eigenvalue weighted by atomic mass is 10.0. The number of benzene rings is 1. The second kappa shape index (κ2) is 8.03. The first-order chi connectivity index (χ1) is 8.63. The number of hydrogen-bond donors (Lipinski definition) is 0. The van der Waals surface area contributed by atoms with Crippen LogP contribution < -0.4 is 0 Å². The molecule has 0 aromatic heterocycles. The molecular formula is C14H17BrO3. The maximum atomic E-state index is 11.8. The number of unbranched alkanes of at least 4 members (excludes halogenated alkanes) is 1. The topological polar surface area (TPSA) is 43.4 Å². The highest BCUT2D eigenvalue weighted by atomic mass is 79.9. The lowest BCUT2D eigenvalue weighted by molar-refractivity contribution is -0.143. The second-order valence-electron chi connectivity index (χ2n) is 3.94. The first-order valence-corrected chi connectivity index (χ1v) is 6.87. The van der Waals surface area contributed by atoms with Gasteiger partial charge in [-0.1, -0.05) is 28.1 Å². The van der Waals surface area contributed by atoms with Gasteiger partial charge in [-0.05, 0) is 31.9 Å². The molecule has 0 bridgehead atoms. The van der Waals surface area contributed by atoms with Crippen molar-refractivity contribution in [1.82, 2.24) is 0 Å². The third-order valence-electron chi connectivity index (χ3n) is 2.51.